The van der Waals surface area contributed by atoms with Crippen molar-refractivity contribution in [3.63, 3.8) is 0 Å². The van der Waals surface area contributed by atoms with Crippen LogP contribution in [0.4, 0.5) is 0 Å². The van der Waals surface area contributed by atoms with Crippen molar-refractivity contribution in [2.75, 3.05) is 0 Å². The van der Waals surface area contributed by atoms with Gasteiger partial charge in [-0.2, -0.15) is 0 Å². The Labute approximate surface area is 101 Å². The Hall–Kier alpha value is -0.460. The molecular formula is C15H28O. The van der Waals surface area contributed by atoms with Crippen LogP contribution in [0.3, 0.4) is 0 Å². The average molecular weight is 224 g/mol. The third-order valence-corrected chi connectivity index (χ3v) is 4.47. The maximum Gasteiger partial charge on any atom is 0.111 e. The molecule has 0 atom stereocenters. The van der Waals surface area contributed by atoms with Crippen LogP contribution in [0.15, 0.2) is 12.3 Å². The van der Waals surface area contributed by atoms with Crippen LogP contribution in [-0.2, 0) is 4.74 Å². The van der Waals surface area contributed by atoms with Crippen molar-refractivity contribution in [2.45, 2.75) is 72.3 Å². The Morgan fingerprint density at radius 2 is 1.81 bits per heavy atom. The van der Waals surface area contributed by atoms with E-state index in [2.05, 4.69) is 41.2 Å². The number of hydrogen-bond acceptors (Lipinski definition) is 1. The van der Waals surface area contributed by atoms with E-state index in [9.17, 15) is 0 Å². The summed E-state index contributed by atoms with van der Waals surface area (Å²) in [5.74, 6) is 1.56. The predicted molar refractivity (Wildman–Crippen MR) is 70.3 cm³/mol. The maximum absolute atomic E-state index is 6.32. The van der Waals surface area contributed by atoms with E-state index in [1.54, 1.807) is 0 Å². The van der Waals surface area contributed by atoms with E-state index in [0.29, 0.717) is 5.92 Å². The highest BCUT2D eigenvalue weighted by Crippen LogP contribution is 2.43. The van der Waals surface area contributed by atoms with E-state index in [1.807, 2.05) is 0 Å². The van der Waals surface area contributed by atoms with Crippen molar-refractivity contribution in [3.8, 4) is 0 Å². The third kappa shape index (κ3) is 2.61. The van der Waals surface area contributed by atoms with E-state index in [0.717, 1.165) is 12.2 Å². The Morgan fingerprint density at radius 1 is 1.31 bits per heavy atom. The highest BCUT2D eigenvalue weighted by atomic mass is 16.5. The highest BCUT2D eigenvalue weighted by molar-refractivity contribution is 5.03. The third-order valence-electron chi connectivity index (χ3n) is 4.47. The first-order chi connectivity index (χ1) is 7.34. The SMILES string of the molecule is C=C(OC1(C(C)C)CCCC1)C(C)(C)CC. The fourth-order valence-corrected chi connectivity index (χ4v) is 2.35. The van der Waals surface area contributed by atoms with E-state index < -0.39 is 0 Å². The predicted octanol–water partition coefficient (Wildman–Crippen LogP) is 4.92. The van der Waals surface area contributed by atoms with E-state index in [4.69, 9.17) is 4.74 Å². The summed E-state index contributed by atoms with van der Waals surface area (Å²) < 4.78 is 6.32. The van der Waals surface area contributed by atoms with E-state index in [1.165, 1.54) is 25.7 Å². The standard InChI is InChI=1S/C15H28O/c1-7-14(5,6)13(4)16-15(12(2)3)10-8-9-11-15/h12H,4,7-11H2,1-3,5-6H3. The van der Waals surface area contributed by atoms with Crippen molar-refractivity contribution >= 4 is 0 Å². The lowest BCUT2D eigenvalue weighted by Crippen LogP contribution is -2.37. The monoisotopic (exact) mass is 224 g/mol. The van der Waals surface area contributed by atoms with Crippen LogP contribution < -0.4 is 0 Å². The Balaban J connectivity index is 2.74. The zero-order chi connectivity index (χ0) is 12.4. The molecule has 0 aromatic carbocycles. The molecule has 1 aliphatic rings. The topological polar surface area (TPSA) is 9.23 Å². The molecule has 0 aromatic heterocycles. The van der Waals surface area contributed by atoms with Gasteiger partial charge in [0.05, 0.1) is 5.76 Å². The van der Waals surface area contributed by atoms with Crippen LogP contribution >= 0.6 is 0 Å². The molecule has 1 fully saturated rings. The molecule has 1 nitrogen and oxygen atoms in total. The number of ether oxygens (including phenoxy) is 1. The molecule has 94 valence electrons. The lowest BCUT2D eigenvalue weighted by atomic mass is 9.85. The molecule has 0 heterocycles. The van der Waals surface area contributed by atoms with Gasteiger partial charge < -0.3 is 4.74 Å². The van der Waals surface area contributed by atoms with Crippen LogP contribution in [0.2, 0.25) is 0 Å². The lowest BCUT2D eigenvalue weighted by molar-refractivity contribution is -0.0529. The van der Waals surface area contributed by atoms with Gasteiger partial charge in [0.25, 0.3) is 0 Å². The number of allylic oxidation sites excluding steroid dienone is 1. The van der Waals surface area contributed by atoms with Crippen molar-refractivity contribution in [3.05, 3.63) is 12.3 Å². The quantitative estimate of drug-likeness (QED) is 0.602. The van der Waals surface area contributed by atoms with Crippen LogP contribution in [0, 0.1) is 11.3 Å². The minimum absolute atomic E-state index is 0.0729. The second-order valence-corrected chi connectivity index (χ2v) is 6.19. The van der Waals surface area contributed by atoms with Crippen molar-refractivity contribution in [2.24, 2.45) is 11.3 Å². The van der Waals surface area contributed by atoms with Gasteiger partial charge in [0.15, 0.2) is 0 Å². The van der Waals surface area contributed by atoms with E-state index in [-0.39, 0.29) is 11.0 Å². The van der Waals surface area contributed by atoms with Gasteiger partial charge in [-0.1, -0.05) is 41.2 Å². The number of hydrogen-bond donors (Lipinski definition) is 0. The minimum atomic E-state index is 0.0729. The molecule has 0 bridgehead atoms. The van der Waals surface area contributed by atoms with Crippen molar-refractivity contribution < 1.29 is 4.74 Å². The zero-order valence-electron chi connectivity index (χ0n) is 11.7. The molecule has 0 amide bonds. The van der Waals surface area contributed by atoms with Crippen molar-refractivity contribution in [1.29, 1.82) is 0 Å². The Kier molecular flexibility index (Phi) is 4.09. The number of rotatable bonds is 5. The van der Waals surface area contributed by atoms with Crippen LogP contribution in [-0.4, -0.2) is 5.60 Å². The molecule has 0 radical (unpaired) electrons. The van der Waals surface area contributed by atoms with Gasteiger partial charge in [-0.25, -0.2) is 0 Å². The molecule has 0 aromatic rings. The highest BCUT2D eigenvalue weighted by Gasteiger charge is 2.41. The molecule has 0 aliphatic heterocycles. The first-order valence-corrected chi connectivity index (χ1v) is 6.72. The summed E-state index contributed by atoms with van der Waals surface area (Å²) in [4.78, 5) is 0. The summed E-state index contributed by atoms with van der Waals surface area (Å²) in [6, 6.07) is 0. The molecule has 0 N–H and O–H groups in total. The fourth-order valence-electron chi connectivity index (χ4n) is 2.35. The first kappa shape index (κ1) is 13.6. The largest absolute Gasteiger partial charge is 0.491 e. The van der Waals surface area contributed by atoms with Gasteiger partial charge in [-0.05, 0) is 38.0 Å². The zero-order valence-corrected chi connectivity index (χ0v) is 11.7. The summed E-state index contributed by atoms with van der Waals surface area (Å²) >= 11 is 0. The minimum Gasteiger partial charge on any atom is -0.491 e. The summed E-state index contributed by atoms with van der Waals surface area (Å²) in [7, 11) is 0. The average Bonchev–Trinajstić information content (AvgIpc) is 2.67. The summed E-state index contributed by atoms with van der Waals surface area (Å²) in [6.07, 6.45) is 6.09. The first-order valence-electron chi connectivity index (χ1n) is 6.72. The maximum atomic E-state index is 6.32. The molecule has 1 saturated carbocycles. The summed E-state index contributed by atoms with van der Waals surface area (Å²) in [5, 5.41) is 0. The second kappa shape index (κ2) is 4.81. The molecule has 0 saturated heterocycles. The van der Waals surface area contributed by atoms with Gasteiger partial charge in [0.2, 0.25) is 0 Å². The van der Waals surface area contributed by atoms with Crippen LogP contribution in [0.25, 0.3) is 0 Å². The molecular weight excluding hydrogens is 196 g/mol. The molecule has 1 heteroatoms. The smallest absolute Gasteiger partial charge is 0.111 e. The summed E-state index contributed by atoms with van der Waals surface area (Å²) in [5.41, 5.74) is 0.175. The van der Waals surface area contributed by atoms with Gasteiger partial charge >= 0.3 is 0 Å². The van der Waals surface area contributed by atoms with E-state index >= 15 is 0 Å². The van der Waals surface area contributed by atoms with Crippen molar-refractivity contribution in [1.82, 2.24) is 0 Å². The molecule has 16 heavy (non-hydrogen) atoms. The molecule has 1 rings (SSSR count). The van der Waals surface area contributed by atoms with Gasteiger partial charge in [0.1, 0.15) is 5.60 Å². The lowest BCUT2D eigenvalue weighted by Gasteiger charge is -2.39. The van der Waals surface area contributed by atoms with Gasteiger partial charge in [-0.15, -0.1) is 0 Å². The molecule has 0 spiro atoms. The fraction of sp³-hybridized carbons (Fsp3) is 0.867. The summed E-state index contributed by atoms with van der Waals surface area (Å²) in [6.45, 7) is 15.4. The second-order valence-electron chi connectivity index (χ2n) is 6.19. The molecule has 1 aliphatic carbocycles. The Bertz CT molecular complexity index is 244. The van der Waals surface area contributed by atoms with Gasteiger partial charge in [0, 0.05) is 5.41 Å². The Morgan fingerprint density at radius 3 is 2.19 bits per heavy atom. The molecule has 0 unspecified atom stereocenters. The van der Waals surface area contributed by atoms with Crippen LogP contribution in [0.5, 0.6) is 0 Å². The normalized spacial score (nSPS) is 20.1. The van der Waals surface area contributed by atoms with Gasteiger partial charge in [-0.3, -0.25) is 0 Å². The van der Waals surface area contributed by atoms with Crippen LogP contribution in [0.1, 0.15) is 66.7 Å².